The Morgan fingerprint density at radius 1 is 1.27 bits per heavy atom. The summed E-state index contributed by atoms with van der Waals surface area (Å²) in [5.74, 6) is 0. The highest BCUT2D eigenvalue weighted by Gasteiger charge is 2.15. The van der Waals surface area contributed by atoms with E-state index in [-0.39, 0.29) is 5.15 Å². The van der Waals surface area contributed by atoms with Crippen LogP contribution in [0.25, 0.3) is 11.3 Å². The van der Waals surface area contributed by atoms with E-state index in [0.29, 0.717) is 11.4 Å². The van der Waals surface area contributed by atoms with E-state index in [1.54, 1.807) is 6.92 Å². The fourth-order valence-electron chi connectivity index (χ4n) is 1.40. The molecule has 0 fully saturated rings. The van der Waals surface area contributed by atoms with Crippen LogP contribution < -0.4 is 4.73 Å². The maximum absolute atomic E-state index is 11.7. The van der Waals surface area contributed by atoms with Crippen molar-refractivity contribution in [2.75, 3.05) is 0 Å². The van der Waals surface area contributed by atoms with Crippen molar-refractivity contribution in [1.29, 1.82) is 0 Å². The average Bonchev–Trinajstić information content (AvgIpc) is 2.17. The third-order valence-corrected chi connectivity index (χ3v) is 2.31. The molecule has 76 valence electrons. The first-order valence-corrected chi connectivity index (χ1v) is 4.88. The summed E-state index contributed by atoms with van der Waals surface area (Å²) in [5, 5.41) is 11.9. The highest BCUT2D eigenvalue weighted by molar-refractivity contribution is 6.31. The van der Waals surface area contributed by atoms with Crippen LogP contribution >= 0.6 is 11.6 Å². The molecule has 0 unspecified atom stereocenters. The summed E-state index contributed by atoms with van der Waals surface area (Å²) in [4.78, 5) is 4.06. The minimum Gasteiger partial charge on any atom is -0.618 e. The van der Waals surface area contributed by atoms with Gasteiger partial charge in [-0.1, -0.05) is 29.8 Å². The Labute approximate surface area is 92.6 Å². The van der Waals surface area contributed by atoms with E-state index in [0.717, 1.165) is 10.3 Å². The Bertz CT molecular complexity index is 462. The van der Waals surface area contributed by atoms with Crippen molar-refractivity contribution < 1.29 is 4.73 Å². The van der Waals surface area contributed by atoms with Gasteiger partial charge >= 0.3 is 0 Å². The van der Waals surface area contributed by atoms with Crippen molar-refractivity contribution in [2.45, 2.75) is 6.92 Å². The Morgan fingerprint density at radius 3 is 2.53 bits per heavy atom. The summed E-state index contributed by atoms with van der Waals surface area (Å²) >= 11 is 5.94. The predicted octanol–water partition coefficient (Wildman–Crippen LogP) is 2.34. The van der Waals surface area contributed by atoms with Crippen LogP contribution in [-0.4, -0.2) is 4.98 Å². The fraction of sp³-hybridized carbons (Fsp3) is 0.0909. The maximum atomic E-state index is 11.7. The molecule has 0 amide bonds. The minimum absolute atomic E-state index is 0.233. The van der Waals surface area contributed by atoms with Gasteiger partial charge in [-0.3, -0.25) is 0 Å². The molecule has 15 heavy (non-hydrogen) atoms. The molecule has 0 N–H and O–H groups in total. The van der Waals surface area contributed by atoms with Gasteiger partial charge in [0.1, 0.15) is 5.69 Å². The second-order valence-electron chi connectivity index (χ2n) is 3.21. The Hall–Kier alpha value is -1.61. The third kappa shape index (κ3) is 1.92. The summed E-state index contributed by atoms with van der Waals surface area (Å²) in [5.41, 5.74) is 1.77. The van der Waals surface area contributed by atoms with Crippen molar-refractivity contribution in [2.24, 2.45) is 0 Å². The molecule has 0 saturated heterocycles. The molecule has 3 nitrogen and oxygen atoms in total. The van der Waals surface area contributed by atoms with Crippen molar-refractivity contribution in [1.82, 2.24) is 4.98 Å². The summed E-state index contributed by atoms with van der Waals surface area (Å²) in [6, 6.07) is 9.24. The van der Waals surface area contributed by atoms with E-state index < -0.39 is 0 Å². The highest BCUT2D eigenvalue weighted by atomic mass is 35.5. The Morgan fingerprint density at radius 2 is 1.93 bits per heavy atom. The van der Waals surface area contributed by atoms with E-state index in [1.807, 2.05) is 30.3 Å². The number of nitrogens with zero attached hydrogens (tertiary/aromatic N) is 2. The number of hydrogen-bond donors (Lipinski definition) is 0. The third-order valence-electron chi connectivity index (χ3n) is 2.04. The molecule has 0 saturated carbocycles. The molecule has 0 spiro atoms. The van der Waals surface area contributed by atoms with E-state index in [1.165, 1.54) is 6.20 Å². The van der Waals surface area contributed by atoms with Crippen molar-refractivity contribution >= 4 is 11.6 Å². The maximum Gasteiger partial charge on any atom is 0.261 e. The lowest BCUT2D eigenvalue weighted by Crippen LogP contribution is -2.30. The van der Waals surface area contributed by atoms with Gasteiger partial charge < -0.3 is 5.21 Å². The number of aromatic nitrogens is 2. The zero-order valence-electron chi connectivity index (χ0n) is 8.14. The highest BCUT2D eigenvalue weighted by Crippen LogP contribution is 2.21. The minimum atomic E-state index is 0.233. The number of halogens is 1. The molecule has 2 rings (SSSR count). The number of rotatable bonds is 1. The standard InChI is InChI=1S/C11H9ClN2O/c1-8-7-14(15)10(11(12)13-8)9-5-3-2-4-6-9/h2-7H,1H3. The van der Waals surface area contributed by atoms with Crippen LogP contribution in [0.15, 0.2) is 36.5 Å². The van der Waals surface area contributed by atoms with Gasteiger partial charge in [-0.15, -0.1) is 0 Å². The van der Waals surface area contributed by atoms with E-state index >= 15 is 0 Å². The van der Waals surface area contributed by atoms with Crippen LogP contribution in [-0.2, 0) is 0 Å². The van der Waals surface area contributed by atoms with Gasteiger partial charge in [-0.25, -0.2) is 4.98 Å². The monoisotopic (exact) mass is 220 g/mol. The van der Waals surface area contributed by atoms with Crippen LogP contribution in [0.2, 0.25) is 5.15 Å². The second-order valence-corrected chi connectivity index (χ2v) is 3.57. The second kappa shape index (κ2) is 3.87. The number of benzene rings is 1. The van der Waals surface area contributed by atoms with Crippen LogP contribution in [0.3, 0.4) is 0 Å². The SMILES string of the molecule is Cc1c[n+]([O-])c(-c2ccccc2)c(Cl)n1. The molecular weight excluding hydrogens is 212 g/mol. The van der Waals surface area contributed by atoms with Gasteiger partial charge in [0, 0.05) is 0 Å². The molecule has 0 atom stereocenters. The number of hydrogen-bond acceptors (Lipinski definition) is 2. The largest absolute Gasteiger partial charge is 0.618 e. The zero-order valence-corrected chi connectivity index (χ0v) is 8.90. The van der Waals surface area contributed by atoms with Gasteiger partial charge in [0.2, 0.25) is 11.3 Å². The lowest BCUT2D eigenvalue weighted by Gasteiger charge is -2.06. The molecule has 4 heteroatoms. The molecule has 0 aliphatic rings. The van der Waals surface area contributed by atoms with Gasteiger partial charge in [0.25, 0.3) is 5.69 Å². The molecule has 0 bridgehead atoms. The normalized spacial score (nSPS) is 10.3. The topological polar surface area (TPSA) is 39.8 Å². The summed E-state index contributed by atoms with van der Waals surface area (Å²) in [6.45, 7) is 1.73. The molecule has 0 radical (unpaired) electrons. The van der Waals surface area contributed by atoms with E-state index in [4.69, 9.17) is 11.6 Å². The molecule has 0 aliphatic heterocycles. The summed E-state index contributed by atoms with van der Waals surface area (Å²) < 4.78 is 0.750. The molecule has 1 heterocycles. The van der Waals surface area contributed by atoms with Gasteiger partial charge in [0.05, 0.1) is 5.56 Å². The first kappa shape index (κ1) is 9.93. The molecule has 1 aromatic carbocycles. The molecular formula is C11H9ClN2O. The van der Waals surface area contributed by atoms with Gasteiger partial charge in [-0.05, 0) is 19.1 Å². The quantitative estimate of drug-likeness (QED) is 0.547. The predicted molar refractivity (Wildman–Crippen MR) is 58.4 cm³/mol. The molecule has 1 aromatic heterocycles. The summed E-state index contributed by atoms with van der Waals surface area (Å²) in [7, 11) is 0. The van der Waals surface area contributed by atoms with Crippen molar-refractivity contribution in [3.8, 4) is 11.3 Å². The van der Waals surface area contributed by atoms with Crippen LogP contribution in [0.4, 0.5) is 0 Å². The summed E-state index contributed by atoms with van der Waals surface area (Å²) in [6.07, 6.45) is 1.41. The van der Waals surface area contributed by atoms with Gasteiger partial charge in [0.15, 0.2) is 0 Å². The Balaban J connectivity index is 2.64. The van der Waals surface area contributed by atoms with Crippen molar-refractivity contribution in [3.63, 3.8) is 0 Å². The lowest BCUT2D eigenvalue weighted by atomic mass is 10.1. The first-order chi connectivity index (χ1) is 7.18. The lowest BCUT2D eigenvalue weighted by molar-refractivity contribution is -0.594. The molecule has 0 aliphatic carbocycles. The zero-order chi connectivity index (χ0) is 10.8. The Kier molecular flexibility index (Phi) is 2.56. The van der Waals surface area contributed by atoms with E-state index in [2.05, 4.69) is 4.98 Å². The fourth-order valence-corrected chi connectivity index (χ4v) is 1.73. The first-order valence-electron chi connectivity index (χ1n) is 4.50. The smallest absolute Gasteiger partial charge is 0.261 e. The van der Waals surface area contributed by atoms with Crippen LogP contribution in [0.1, 0.15) is 5.69 Å². The average molecular weight is 221 g/mol. The number of aryl methyl sites for hydroxylation is 1. The van der Waals surface area contributed by atoms with Crippen LogP contribution in [0, 0.1) is 12.1 Å². The molecule has 2 aromatic rings. The van der Waals surface area contributed by atoms with E-state index in [9.17, 15) is 5.21 Å². The van der Waals surface area contributed by atoms with Crippen molar-refractivity contribution in [3.05, 3.63) is 52.6 Å². The van der Waals surface area contributed by atoms with Gasteiger partial charge in [-0.2, -0.15) is 4.73 Å². The van der Waals surface area contributed by atoms with Crippen LogP contribution in [0.5, 0.6) is 0 Å².